The van der Waals surface area contributed by atoms with Crippen LogP contribution in [0.15, 0.2) is 24.3 Å². The van der Waals surface area contributed by atoms with Crippen molar-refractivity contribution >= 4 is 0 Å². The zero-order chi connectivity index (χ0) is 12.3. The molecule has 0 bridgehead atoms. The molecule has 90 valence electrons. The maximum atomic E-state index is 3.68. The Balaban J connectivity index is 3.07. The molecule has 0 aromatic heterocycles. The van der Waals surface area contributed by atoms with Crippen molar-refractivity contribution in [2.24, 2.45) is 5.41 Å². The summed E-state index contributed by atoms with van der Waals surface area (Å²) in [6.07, 6.45) is 0. The minimum Gasteiger partial charge on any atom is -0.307 e. The Bertz CT molecular complexity index is 334. The SMILES string of the molecule is Cc1ccccc1C(NC(C)C)C(C)(C)C. The molecule has 0 aliphatic rings. The van der Waals surface area contributed by atoms with Gasteiger partial charge in [0.05, 0.1) is 0 Å². The van der Waals surface area contributed by atoms with Crippen LogP contribution in [-0.4, -0.2) is 6.04 Å². The molecule has 0 saturated heterocycles. The Labute approximate surface area is 100 Å². The molecule has 1 aromatic carbocycles. The van der Waals surface area contributed by atoms with E-state index in [9.17, 15) is 0 Å². The summed E-state index contributed by atoms with van der Waals surface area (Å²) in [4.78, 5) is 0. The van der Waals surface area contributed by atoms with Gasteiger partial charge in [0.2, 0.25) is 0 Å². The Morgan fingerprint density at radius 1 is 1.06 bits per heavy atom. The molecule has 1 heteroatoms. The Morgan fingerprint density at radius 3 is 2.06 bits per heavy atom. The van der Waals surface area contributed by atoms with E-state index >= 15 is 0 Å². The maximum absolute atomic E-state index is 3.68. The summed E-state index contributed by atoms with van der Waals surface area (Å²) in [6.45, 7) is 13.5. The Kier molecular flexibility index (Phi) is 4.15. The fraction of sp³-hybridized carbons (Fsp3) is 0.600. The highest BCUT2D eigenvalue weighted by Gasteiger charge is 2.27. The van der Waals surface area contributed by atoms with E-state index in [1.165, 1.54) is 11.1 Å². The van der Waals surface area contributed by atoms with Crippen LogP contribution in [0.3, 0.4) is 0 Å². The lowest BCUT2D eigenvalue weighted by molar-refractivity contribution is 0.257. The van der Waals surface area contributed by atoms with Crippen molar-refractivity contribution in [1.29, 1.82) is 0 Å². The van der Waals surface area contributed by atoms with Crippen molar-refractivity contribution in [3.8, 4) is 0 Å². The van der Waals surface area contributed by atoms with Crippen LogP contribution >= 0.6 is 0 Å². The van der Waals surface area contributed by atoms with Gasteiger partial charge >= 0.3 is 0 Å². The van der Waals surface area contributed by atoms with Gasteiger partial charge in [0.25, 0.3) is 0 Å². The molecule has 1 N–H and O–H groups in total. The van der Waals surface area contributed by atoms with Gasteiger partial charge < -0.3 is 5.32 Å². The van der Waals surface area contributed by atoms with Crippen molar-refractivity contribution in [1.82, 2.24) is 5.32 Å². The van der Waals surface area contributed by atoms with Crippen molar-refractivity contribution in [2.75, 3.05) is 0 Å². The van der Waals surface area contributed by atoms with Crippen molar-refractivity contribution in [2.45, 2.75) is 53.6 Å². The molecule has 16 heavy (non-hydrogen) atoms. The number of benzene rings is 1. The third-order valence-electron chi connectivity index (χ3n) is 2.87. The number of aryl methyl sites for hydroxylation is 1. The van der Waals surface area contributed by atoms with Gasteiger partial charge in [-0.05, 0) is 23.5 Å². The normalized spacial score (nSPS) is 14.2. The molecule has 1 nitrogen and oxygen atoms in total. The van der Waals surface area contributed by atoms with E-state index in [2.05, 4.69) is 71.1 Å². The fourth-order valence-electron chi connectivity index (χ4n) is 2.05. The van der Waals surface area contributed by atoms with Gasteiger partial charge in [-0.2, -0.15) is 0 Å². The predicted molar refractivity (Wildman–Crippen MR) is 71.6 cm³/mol. The largest absolute Gasteiger partial charge is 0.307 e. The van der Waals surface area contributed by atoms with E-state index in [1.54, 1.807) is 0 Å². The van der Waals surface area contributed by atoms with E-state index in [-0.39, 0.29) is 5.41 Å². The molecule has 1 unspecified atom stereocenters. The lowest BCUT2D eigenvalue weighted by Crippen LogP contribution is -2.37. The van der Waals surface area contributed by atoms with E-state index in [0.29, 0.717) is 12.1 Å². The van der Waals surface area contributed by atoms with Gasteiger partial charge in [0.1, 0.15) is 0 Å². The third kappa shape index (κ3) is 3.34. The summed E-state index contributed by atoms with van der Waals surface area (Å²) in [7, 11) is 0. The number of nitrogens with one attached hydrogen (secondary N) is 1. The molecule has 0 aliphatic carbocycles. The number of hydrogen-bond donors (Lipinski definition) is 1. The zero-order valence-electron chi connectivity index (χ0n) is 11.5. The van der Waals surface area contributed by atoms with E-state index < -0.39 is 0 Å². The second-order valence-corrected chi connectivity index (χ2v) is 5.98. The molecule has 0 spiro atoms. The van der Waals surface area contributed by atoms with Crippen LogP contribution in [0.5, 0.6) is 0 Å². The second-order valence-electron chi connectivity index (χ2n) is 5.98. The van der Waals surface area contributed by atoms with Crippen molar-refractivity contribution < 1.29 is 0 Å². The molecular formula is C15H25N. The number of rotatable bonds is 3. The molecule has 1 rings (SSSR count). The van der Waals surface area contributed by atoms with E-state index in [4.69, 9.17) is 0 Å². The monoisotopic (exact) mass is 219 g/mol. The lowest BCUT2D eigenvalue weighted by atomic mass is 9.80. The summed E-state index contributed by atoms with van der Waals surface area (Å²) >= 11 is 0. The first-order valence-electron chi connectivity index (χ1n) is 6.14. The highest BCUT2D eigenvalue weighted by molar-refractivity contribution is 5.30. The topological polar surface area (TPSA) is 12.0 Å². The third-order valence-corrected chi connectivity index (χ3v) is 2.87. The molecule has 0 amide bonds. The highest BCUT2D eigenvalue weighted by Crippen LogP contribution is 2.34. The van der Waals surface area contributed by atoms with E-state index in [1.807, 2.05) is 0 Å². The Hall–Kier alpha value is -0.820. The van der Waals surface area contributed by atoms with Gasteiger partial charge in [0, 0.05) is 12.1 Å². The second kappa shape index (κ2) is 5.01. The summed E-state index contributed by atoms with van der Waals surface area (Å²) in [5.41, 5.74) is 3.02. The maximum Gasteiger partial charge on any atom is 0.0373 e. The number of hydrogen-bond acceptors (Lipinski definition) is 1. The van der Waals surface area contributed by atoms with Crippen LogP contribution in [0.25, 0.3) is 0 Å². The summed E-state index contributed by atoms with van der Waals surface area (Å²) in [6, 6.07) is 9.57. The van der Waals surface area contributed by atoms with Crippen LogP contribution in [0, 0.1) is 12.3 Å². The lowest BCUT2D eigenvalue weighted by Gasteiger charge is -2.34. The van der Waals surface area contributed by atoms with Crippen LogP contribution in [0.2, 0.25) is 0 Å². The molecule has 0 saturated carbocycles. The standard InChI is InChI=1S/C15H25N/c1-11(2)16-14(15(4,5)6)13-10-8-7-9-12(13)3/h7-11,14,16H,1-6H3. The first-order valence-corrected chi connectivity index (χ1v) is 6.14. The van der Waals surface area contributed by atoms with Crippen molar-refractivity contribution in [3.05, 3.63) is 35.4 Å². The van der Waals surface area contributed by atoms with Gasteiger partial charge in [-0.15, -0.1) is 0 Å². The average Bonchev–Trinajstić information content (AvgIpc) is 2.13. The first-order chi connectivity index (χ1) is 7.32. The molecular weight excluding hydrogens is 194 g/mol. The van der Waals surface area contributed by atoms with Crippen LogP contribution < -0.4 is 5.32 Å². The van der Waals surface area contributed by atoms with Crippen molar-refractivity contribution in [3.63, 3.8) is 0 Å². The average molecular weight is 219 g/mol. The summed E-state index contributed by atoms with van der Waals surface area (Å²) in [5.74, 6) is 0. The first kappa shape index (κ1) is 13.2. The minimum atomic E-state index is 0.233. The summed E-state index contributed by atoms with van der Waals surface area (Å²) in [5, 5.41) is 3.68. The van der Waals surface area contributed by atoms with E-state index in [0.717, 1.165) is 0 Å². The minimum absolute atomic E-state index is 0.233. The van der Waals surface area contributed by atoms with Crippen LogP contribution in [0.4, 0.5) is 0 Å². The van der Waals surface area contributed by atoms with Crippen LogP contribution in [-0.2, 0) is 0 Å². The van der Waals surface area contributed by atoms with Gasteiger partial charge in [0.15, 0.2) is 0 Å². The summed E-state index contributed by atoms with van der Waals surface area (Å²) < 4.78 is 0. The smallest absolute Gasteiger partial charge is 0.0373 e. The molecule has 1 atom stereocenters. The predicted octanol–water partition coefficient (Wildman–Crippen LogP) is 4.08. The highest BCUT2D eigenvalue weighted by atomic mass is 15.0. The molecule has 0 radical (unpaired) electrons. The molecule has 1 aromatic rings. The molecule has 0 aliphatic heterocycles. The zero-order valence-corrected chi connectivity index (χ0v) is 11.5. The van der Waals surface area contributed by atoms with Crippen LogP contribution in [0.1, 0.15) is 51.8 Å². The molecule has 0 fully saturated rings. The Morgan fingerprint density at radius 2 is 1.62 bits per heavy atom. The fourth-order valence-corrected chi connectivity index (χ4v) is 2.05. The molecule has 0 heterocycles. The quantitative estimate of drug-likeness (QED) is 0.807. The van der Waals surface area contributed by atoms with Gasteiger partial charge in [-0.1, -0.05) is 58.9 Å². The van der Waals surface area contributed by atoms with Gasteiger partial charge in [-0.3, -0.25) is 0 Å². The van der Waals surface area contributed by atoms with Gasteiger partial charge in [-0.25, -0.2) is 0 Å².